The second-order valence-corrected chi connectivity index (χ2v) is 9.58. The number of aromatic nitrogens is 3. The Labute approximate surface area is 180 Å². The summed E-state index contributed by atoms with van der Waals surface area (Å²) < 4.78 is 1.51. The number of para-hydroxylation sites is 2. The van der Waals surface area contributed by atoms with Crippen LogP contribution in [0, 0.1) is 0 Å². The van der Waals surface area contributed by atoms with E-state index in [1.165, 1.54) is 10.8 Å². The summed E-state index contributed by atoms with van der Waals surface area (Å²) in [7, 11) is 0. The van der Waals surface area contributed by atoms with Crippen LogP contribution in [0.5, 0.6) is 0 Å². The van der Waals surface area contributed by atoms with Crippen LogP contribution in [-0.4, -0.2) is 56.4 Å². The van der Waals surface area contributed by atoms with E-state index in [2.05, 4.69) is 36.0 Å². The van der Waals surface area contributed by atoms with Crippen LogP contribution in [-0.2, 0) is 23.3 Å². The van der Waals surface area contributed by atoms with Gasteiger partial charge in [-0.3, -0.25) is 19.1 Å². The number of benzene rings is 1. The number of hydrogen-bond donors (Lipinski definition) is 0. The highest BCUT2D eigenvalue weighted by Crippen LogP contribution is 2.26. The molecule has 1 amide bonds. The number of fused-ring (bicyclic) bond motifs is 1. The molecule has 0 unspecified atom stereocenters. The molecule has 30 heavy (non-hydrogen) atoms. The lowest BCUT2D eigenvalue weighted by Crippen LogP contribution is -2.49. The molecule has 4 rings (SSSR count). The molecule has 2 aromatic heterocycles. The Bertz CT molecular complexity index is 1110. The van der Waals surface area contributed by atoms with E-state index >= 15 is 0 Å². The van der Waals surface area contributed by atoms with Gasteiger partial charge >= 0.3 is 0 Å². The van der Waals surface area contributed by atoms with Crippen molar-refractivity contribution in [3.8, 4) is 0 Å². The molecule has 1 aliphatic rings. The third kappa shape index (κ3) is 4.44. The summed E-state index contributed by atoms with van der Waals surface area (Å²) in [4.78, 5) is 38.3. The van der Waals surface area contributed by atoms with Crippen LogP contribution in [0.15, 0.2) is 40.6 Å². The van der Waals surface area contributed by atoms with Crippen LogP contribution < -0.4 is 5.56 Å². The van der Waals surface area contributed by atoms with Crippen molar-refractivity contribution in [3.63, 3.8) is 0 Å². The van der Waals surface area contributed by atoms with E-state index in [1.54, 1.807) is 11.3 Å². The molecule has 0 saturated carbocycles. The fraction of sp³-hybridized carbons (Fsp3) is 0.455. The fourth-order valence-electron chi connectivity index (χ4n) is 3.62. The number of carbonyl (C=O) groups is 1. The highest BCUT2D eigenvalue weighted by molar-refractivity contribution is 7.09. The molecule has 8 heteroatoms. The number of hydrogen-bond acceptors (Lipinski definition) is 6. The number of carbonyl (C=O) groups excluding carboxylic acids is 1. The summed E-state index contributed by atoms with van der Waals surface area (Å²) in [6, 6.07) is 7.40. The molecule has 0 N–H and O–H groups in total. The molecule has 0 spiro atoms. The van der Waals surface area contributed by atoms with E-state index in [0.29, 0.717) is 24.1 Å². The maximum absolute atomic E-state index is 12.9. The molecular weight excluding hydrogens is 398 g/mol. The van der Waals surface area contributed by atoms with Crippen molar-refractivity contribution < 1.29 is 4.79 Å². The molecule has 1 saturated heterocycles. The molecule has 7 nitrogen and oxygen atoms in total. The van der Waals surface area contributed by atoms with Crippen molar-refractivity contribution in [2.45, 2.75) is 39.3 Å². The molecule has 1 fully saturated rings. The molecule has 0 bridgehead atoms. The molecule has 0 aliphatic carbocycles. The average Bonchev–Trinajstić information content (AvgIpc) is 3.20. The zero-order chi connectivity index (χ0) is 21.3. The lowest BCUT2D eigenvalue weighted by molar-refractivity contribution is -0.133. The Hall–Kier alpha value is -2.58. The number of piperazine rings is 1. The molecule has 0 radical (unpaired) electrons. The summed E-state index contributed by atoms with van der Waals surface area (Å²) >= 11 is 1.71. The predicted molar refractivity (Wildman–Crippen MR) is 119 cm³/mol. The summed E-state index contributed by atoms with van der Waals surface area (Å²) in [6.07, 6.45) is 1.28. The fourth-order valence-corrected chi connectivity index (χ4v) is 4.52. The van der Waals surface area contributed by atoms with Crippen LogP contribution in [0.1, 0.15) is 31.5 Å². The number of amides is 1. The van der Waals surface area contributed by atoms with E-state index in [1.807, 2.05) is 29.2 Å². The summed E-state index contributed by atoms with van der Waals surface area (Å²) in [5.74, 6) is -0.0308. The summed E-state index contributed by atoms with van der Waals surface area (Å²) in [6.45, 7) is 10.3. The van der Waals surface area contributed by atoms with Gasteiger partial charge in [-0.2, -0.15) is 0 Å². The number of rotatable bonds is 4. The maximum atomic E-state index is 12.9. The van der Waals surface area contributed by atoms with Crippen molar-refractivity contribution in [1.29, 1.82) is 0 Å². The van der Waals surface area contributed by atoms with Crippen LogP contribution in [0.3, 0.4) is 0 Å². The van der Waals surface area contributed by atoms with Crippen LogP contribution in [0.25, 0.3) is 11.0 Å². The predicted octanol–water partition coefficient (Wildman–Crippen LogP) is 2.49. The topological polar surface area (TPSA) is 71.3 Å². The van der Waals surface area contributed by atoms with Gasteiger partial charge in [-0.05, 0) is 12.1 Å². The standard InChI is InChI=1S/C22H27N5O2S/c1-22(2,3)21-24-16(15-30-21)13-25-8-10-26(11-9-25)20(29)14-27-18-7-5-4-6-17(18)23-12-19(27)28/h4-7,12,15H,8-11,13-14H2,1-3H3. The minimum absolute atomic E-state index is 0.0308. The summed E-state index contributed by atoms with van der Waals surface area (Å²) in [5.41, 5.74) is 2.32. The molecule has 1 aliphatic heterocycles. The SMILES string of the molecule is CC(C)(C)c1nc(CN2CCN(C(=O)Cn3c(=O)cnc4ccccc43)CC2)cs1. The molecule has 3 heterocycles. The van der Waals surface area contributed by atoms with Crippen molar-refractivity contribution in [3.05, 3.63) is 56.9 Å². The molecule has 1 aromatic carbocycles. The second-order valence-electron chi connectivity index (χ2n) is 8.72. The van der Waals surface area contributed by atoms with E-state index in [4.69, 9.17) is 4.98 Å². The third-order valence-corrected chi connectivity index (χ3v) is 6.67. The van der Waals surface area contributed by atoms with E-state index in [-0.39, 0.29) is 23.4 Å². The normalized spacial score (nSPS) is 15.6. The van der Waals surface area contributed by atoms with Gasteiger partial charge in [0.15, 0.2) is 0 Å². The van der Waals surface area contributed by atoms with Crippen molar-refractivity contribution >= 4 is 28.3 Å². The van der Waals surface area contributed by atoms with Gasteiger partial charge in [0, 0.05) is 43.5 Å². The zero-order valence-electron chi connectivity index (χ0n) is 17.7. The highest BCUT2D eigenvalue weighted by atomic mass is 32.1. The van der Waals surface area contributed by atoms with Gasteiger partial charge in [0.25, 0.3) is 5.56 Å². The Balaban J connectivity index is 1.37. The highest BCUT2D eigenvalue weighted by Gasteiger charge is 2.24. The van der Waals surface area contributed by atoms with Crippen molar-refractivity contribution in [2.75, 3.05) is 26.2 Å². The first kappa shape index (κ1) is 20.7. The minimum Gasteiger partial charge on any atom is -0.339 e. The van der Waals surface area contributed by atoms with Gasteiger partial charge in [0.05, 0.1) is 27.9 Å². The van der Waals surface area contributed by atoms with Crippen molar-refractivity contribution in [2.24, 2.45) is 0 Å². The van der Waals surface area contributed by atoms with Crippen LogP contribution in [0.2, 0.25) is 0 Å². The Morgan fingerprint density at radius 2 is 1.87 bits per heavy atom. The molecule has 158 valence electrons. The summed E-state index contributed by atoms with van der Waals surface area (Å²) in [5, 5.41) is 3.29. The van der Waals surface area contributed by atoms with E-state index < -0.39 is 0 Å². The molecular formula is C22H27N5O2S. The van der Waals surface area contributed by atoms with Gasteiger partial charge in [-0.25, -0.2) is 9.97 Å². The van der Waals surface area contributed by atoms with E-state index in [0.717, 1.165) is 30.3 Å². The van der Waals surface area contributed by atoms with Gasteiger partial charge in [0.1, 0.15) is 6.54 Å². The monoisotopic (exact) mass is 425 g/mol. The quantitative estimate of drug-likeness (QED) is 0.642. The van der Waals surface area contributed by atoms with Gasteiger partial charge in [-0.1, -0.05) is 32.9 Å². The zero-order valence-corrected chi connectivity index (χ0v) is 18.5. The largest absolute Gasteiger partial charge is 0.339 e. The number of thiazole rings is 1. The van der Waals surface area contributed by atoms with Gasteiger partial charge in [-0.15, -0.1) is 11.3 Å². The molecule has 0 atom stereocenters. The van der Waals surface area contributed by atoms with Gasteiger partial charge < -0.3 is 4.90 Å². The average molecular weight is 426 g/mol. The Morgan fingerprint density at radius 1 is 1.13 bits per heavy atom. The van der Waals surface area contributed by atoms with Gasteiger partial charge in [0.2, 0.25) is 5.91 Å². The smallest absolute Gasteiger partial charge is 0.269 e. The Morgan fingerprint density at radius 3 is 2.57 bits per heavy atom. The number of nitrogens with zero attached hydrogens (tertiary/aromatic N) is 5. The van der Waals surface area contributed by atoms with Crippen LogP contribution >= 0.6 is 11.3 Å². The van der Waals surface area contributed by atoms with Crippen LogP contribution in [0.4, 0.5) is 0 Å². The first-order valence-electron chi connectivity index (χ1n) is 10.2. The van der Waals surface area contributed by atoms with Crippen molar-refractivity contribution in [1.82, 2.24) is 24.3 Å². The van der Waals surface area contributed by atoms with E-state index in [9.17, 15) is 9.59 Å². The molecule has 3 aromatic rings. The first-order chi connectivity index (χ1) is 14.3. The lowest BCUT2D eigenvalue weighted by atomic mass is 9.98. The lowest BCUT2D eigenvalue weighted by Gasteiger charge is -2.34. The first-order valence-corrected chi connectivity index (χ1v) is 11.1. The Kier molecular flexibility index (Phi) is 5.71. The third-order valence-electron chi connectivity index (χ3n) is 5.35. The minimum atomic E-state index is -0.251. The second kappa shape index (κ2) is 8.28. The maximum Gasteiger partial charge on any atom is 0.269 e.